The molecule has 0 spiro atoms. The van der Waals surface area contributed by atoms with E-state index in [0.29, 0.717) is 95.2 Å². The fourth-order valence-electron chi connectivity index (χ4n) is 3.25. The number of aromatic nitrogens is 4. The number of rotatable bonds is 22. The van der Waals surface area contributed by atoms with Crippen molar-refractivity contribution in [3.8, 4) is 5.75 Å². The van der Waals surface area contributed by atoms with Crippen LogP contribution in [0.1, 0.15) is 49.2 Å². The number of carbonyl (C=O) groups is 1. The fourth-order valence-corrected chi connectivity index (χ4v) is 3.25. The lowest BCUT2D eigenvalue weighted by molar-refractivity contribution is -0.121. The van der Waals surface area contributed by atoms with Crippen molar-refractivity contribution in [3.63, 3.8) is 0 Å². The molecule has 4 N–H and O–H groups in total. The fraction of sp³-hybridized carbons (Fsp3) is 0.714. The Kier molecular flexibility index (Phi) is 21.1. The summed E-state index contributed by atoms with van der Waals surface area (Å²) >= 11 is 0. The van der Waals surface area contributed by atoms with Crippen LogP contribution in [0.5, 0.6) is 5.75 Å². The first kappa shape index (κ1) is 37.3. The second-order valence-corrected chi connectivity index (χ2v) is 9.59. The van der Waals surface area contributed by atoms with Gasteiger partial charge in [-0.05, 0) is 19.3 Å². The lowest BCUT2D eigenvalue weighted by atomic mass is 10.1. The van der Waals surface area contributed by atoms with Crippen LogP contribution < -0.4 is 5.32 Å². The van der Waals surface area contributed by atoms with Gasteiger partial charge in [0, 0.05) is 37.3 Å². The summed E-state index contributed by atoms with van der Waals surface area (Å²) in [6, 6.07) is 0. The minimum absolute atomic E-state index is 0.0281. The number of aryl methyl sites for hydroxylation is 2. The third kappa shape index (κ3) is 17.3. The largest absolute Gasteiger partial charge is 0.506 e. The molecule has 0 aliphatic heterocycles. The quantitative estimate of drug-likeness (QED) is 0.142. The van der Waals surface area contributed by atoms with Crippen LogP contribution in [-0.4, -0.2) is 108 Å². The van der Waals surface area contributed by atoms with Crippen molar-refractivity contribution < 1.29 is 43.8 Å². The molecule has 0 atom stereocenters. The zero-order valence-electron chi connectivity index (χ0n) is 25.4. The summed E-state index contributed by atoms with van der Waals surface area (Å²) in [5, 5.41) is 37.8. The van der Waals surface area contributed by atoms with Gasteiger partial charge in [-0.15, -0.1) is 5.10 Å². The van der Waals surface area contributed by atoms with Crippen LogP contribution in [0.2, 0.25) is 0 Å². The van der Waals surface area contributed by atoms with Gasteiger partial charge < -0.3 is 44.3 Å². The Morgan fingerprint density at radius 1 is 0.929 bits per heavy atom. The van der Waals surface area contributed by atoms with Gasteiger partial charge in [-0.2, -0.15) is 0 Å². The van der Waals surface area contributed by atoms with E-state index in [0.717, 1.165) is 18.7 Å². The zero-order chi connectivity index (χ0) is 31.0. The van der Waals surface area contributed by atoms with E-state index in [1.807, 2.05) is 10.9 Å². The molecule has 0 radical (unpaired) electrons. The number of hydrogen-bond acceptors (Lipinski definition) is 12. The van der Waals surface area contributed by atoms with Crippen LogP contribution in [0.25, 0.3) is 0 Å². The van der Waals surface area contributed by atoms with Crippen molar-refractivity contribution in [3.05, 3.63) is 34.9 Å². The monoisotopic (exact) mass is 599 g/mol. The van der Waals surface area contributed by atoms with E-state index < -0.39 is 0 Å². The van der Waals surface area contributed by atoms with Crippen LogP contribution in [0.15, 0.2) is 12.4 Å². The minimum atomic E-state index is -0.287. The van der Waals surface area contributed by atoms with Crippen molar-refractivity contribution in [2.45, 2.75) is 60.0 Å². The van der Waals surface area contributed by atoms with E-state index >= 15 is 0 Å². The first-order valence-corrected chi connectivity index (χ1v) is 14.2. The van der Waals surface area contributed by atoms with Gasteiger partial charge in [0.1, 0.15) is 11.4 Å². The van der Waals surface area contributed by atoms with Gasteiger partial charge in [-0.25, -0.2) is 0 Å². The number of nitrogens with zero attached hydrogens (tertiary/aromatic N) is 4. The summed E-state index contributed by atoms with van der Waals surface area (Å²) in [5.74, 6) is 0.582. The Morgan fingerprint density at radius 2 is 1.50 bits per heavy atom. The van der Waals surface area contributed by atoms with Crippen molar-refractivity contribution in [1.82, 2.24) is 25.3 Å². The van der Waals surface area contributed by atoms with Crippen LogP contribution in [0.3, 0.4) is 0 Å². The highest BCUT2D eigenvalue weighted by Crippen LogP contribution is 2.23. The van der Waals surface area contributed by atoms with Crippen molar-refractivity contribution in [2.24, 2.45) is 5.92 Å². The van der Waals surface area contributed by atoms with Gasteiger partial charge in [0.15, 0.2) is 0 Å². The first-order valence-electron chi connectivity index (χ1n) is 14.2. The van der Waals surface area contributed by atoms with E-state index in [4.69, 9.17) is 33.9 Å². The Balaban J connectivity index is 0.000000609. The highest BCUT2D eigenvalue weighted by atomic mass is 16.6. The standard InChI is InChI=1S/C20H38N4O6.C8H11NO3/c1-18(2)4-6-24-16-19(22-23-24)17-30-15-14-29-13-12-28-11-10-27-9-8-26-7-5-20(25)21-3;1-5-8(12)7(4-11)6(3-10)2-9-5/h16,18H,4-15,17H2,1-3H3,(H,21,25);2,10-12H,3-4H2,1H3. The van der Waals surface area contributed by atoms with Gasteiger partial charge in [0.25, 0.3) is 0 Å². The predicted molar refractivity (Wildman–Crippen MR) is 154 cm³/mol. The second kappa shape index (κ2) is 23.8. The molecule has 42 heavy (non-hydrogen) atoms. The molecule has 2 aromatic rings. The lowest BCUT2D eigenvalue weighted by Gasteiger charge is -2.07. The topological polar surface area (TPSA) is 180 Å². The van der Waals surface area contributed by atoms with E-state index in [1.165, 1.54) is 6.20 Å². The molecular formula is C28H49N5O9. The average molecular weight is 600 g/mol. The Hall–Kier alpha value is -2.72. The Morgan fingerprint density at radius 3 is 2.02 bits per heavy atom. The molecule has 0 aliphatic rings. The number of carbonyl (C=O) groups excluding carboxylic acids is 1. The molecule has 0 bridgehead atoms. The third-order valence-corrected chi connectivity index (χ3v) is 5.77. The molecule has 0 saturated carbocycles. The summed E-state index contributed by atoms with van der Waals surface area (Å²) in [6.07, 6.45) is 4.82. The van der Waals surface area contributed by atoms with Gasteiger partial charge in [0.05, 0.1) is 91.2 Å². The normalized spacial score (nSPS) is 11.0. The van der Waals surface area contributed by atoms with Crippen molar-refractivity contribution in [2.75, 3.05) is 66.5 Å². The molecule has 2 heterocycles. The van der Waals surface area contributed by atoms with Crippen molar-refractivity contribution >= 4 is 5.91 Å². The summed E-state index contributed by atoms with van der Waals surface area (Å²) in [4.78, 5) is 14.8. The summed E-state index contributed by atoms with van der Waals surface area (Å²) in [6.45, 7) is 11.2. The van der Waals surface area contributed by atoms with Crippen LogP contribution in [0, 0.1) is 12.8 Å². The SMILES string of the molecule is CNC(=O)CCOCCOCCOCCOCCOCc1cn(CCC(C)C)nn1.Cc1ncc(CO)c(CO)c1O. The van der Waals surface area contributed by atoms with E-state index in [9.17, 15) is 9.90 Å². The summed E-state index contributed by atoms with van der Waals surface area (Å²) in [7, 11) is 1.61. The lowest BCUT2D eigenvalue weighted by Crippen LogP contribution is -2.20. The smallest absolute Gasteiger partial charge is 0.222 e. The number of amides is 1. The molecule has 0 aliphatic carbocycles. The number of hydrogen-bond donors (Lipinski definition) is 4. The molecule has 240 valence electrons. The number of aliphatic hydroxyl groups excluding tert-OH is 2. The molecule has 0 aromatic carbocycles. The molecule has 0 fully saturated rings. The number of pyridine rings is 1. The molecule has 0 saturated heterocycles. The average Bonchev–Trinajstić information content (AvgIpc) is 3.45. The van der Waals surface area contributed by atoms with Gasteiger partial charge in [0.2, 0.25) is 5.91 Å². The number of nitrogens with one attached hydrogen (secondary N) is 1. The molecule has 14 heteroatoms. The number of aromatic hydroxyl groups is 1. The van der Waals surface area contributed by atoms with Crippen LogP contribution in [0.4, 0.5) is 0 Å². The predicted octanol–water partition coefficient (Wildman–Crippen LogP) is 1.12. The molecule has 1 amide bonds. The van der Waals surface area contributed by atoms with Crippen LogP contribution in [-0.2, 0) is 54.8 Å². The van der Waals surface area contributed by atoms with Gasteiger partial charge >= 0.3 is 0 Å². The van der Waals surface area contributed by atoms with Gasteiger partial charge in [-0.3, -0.25) is 14.5 Å². The van der Waals surface area contributed by atoms with E-state index in [1.54, 1.807) is 14.0 Å². The minimum Gasteiger partial charge on any atom is -0.506 e. The molecule has 2 aromatic heterocycles. The number of aliphatic hydroxyl groups is 2. The third-order valence-electron chi connectivity index (χ3n) is 5.77. The molecular weight excluding hydrogens is 550 g/mol. The maximum atomic E-state index is 11.0. The van der Waals surface area contributed by atoms with E-state index in [2.05, 4.69) is 34.5 Å². The summed E-state index contributed by atoms with van der Waals surface area (Å²) in [5.41, 5.74) is 2.10. The van der Waals surface area contributed by atoms with Crippen LogP contribution >= 0.6 is 0 Å². The maximum Gasteiger partial charge on any atom is 0.222 e. The molecule has 2 rings (SSSR count). The molecule has 14 nitrogen and oxygen atoms in total. The first-order chi connectivity index (χ1) is 20.3. The van der Waals surface area contributed by atoms with Crippen molar-refractivity contribution in [1.29, 1.82) is 0 Å². The summed E-state index contributed by atoms with van der Waals surface area (Å²) < 4.78 is 28.9. The highest BCUT2D eigenvalue weighted by Gasteiger charge is 2.09. The zero-order valence-corrected chi connectivity index (χ0v) is 25.4. The van der Waals surface area contributed by atoms with Gasteiger partial charge in [-0.1, -0.05) is 19.1 Å². The highest BCUT2D eigenvalue weighted by molar-refractivity contribution is 5.75. The Bertz CT molecular complexity index is 975. The Labute approximate surface area is 248 Å². The number of ether oxygens (including phenoxy) is 5. The molecule has 0 unspecified atom stereocenters. The maximum absolute atomic E-state index is 11.0. The second-order valence-electron chi connectivity index (χ2n) is 9.59. The van der Waals surface area contributed by atoms with E-state index in [-0.39, 0.29) is 24.9 Å².